The van der Waals surface area contributed by atoms with Crippen LogP contribution in [0.15, 0.2) is 212 Å². The Bertz CT molecular complexity index is 3950. The van der Waals surface area contributed by atoms with Crippen molar-refractivity contribution >= 4 is 54.8 Å². The normalized spacial score (nSPS) is 15.3. The number of rotatable bonds is 5. The fourth-order valence-corrected chi connectivity index (χ4v) is 10.4. The summed E-state index contributed by atoms with van der Waals surface area (Å²) < 4.78 is 92.1. The number of nitrogens with zero attached hydrogens (tertiary/aromatic N) is 3. The molecule has 0 atom stereocenters. The molecule has 2 aliphatic carbocycles. The Balaban J connectivity index is 1.28. The quantitative estimate of drug-likeness (QED) is 0.158. The van der Waals surface area contributed by atoms with Gasteiger partial charge >= 0.3 is 12.4 Å². The molecule has 12 rings (SSSR count). The molecule has 0 N–H and O–H groups in total. The molecule has 3 nitrogen and oxygen atoms in total. The van der Waals surface area contributed by atoms with Crippen LogP contribution in [0.1, 0.15) is 29.5 Å². The second-order valence-electron chi connectivity index (χ2n) is 18.2. The predicted octanol–water partition coefficient (Wildman–Crippen LogP) is 16.1. The zero-order valence-corrected chi connectivity index (χ0v) is 38.2. The van der Waals surface area contributed by atoms with Gasteiger partial charge in [0.15, 0.2) is 0 Å². The first kappa shape index (κ1) is 44.3. The van der Waals surface area contributed by atoms with E-state index in [1.54, 1.807) is 12.1 Å². The van der Waals surface area contributed by atoms with Gasteiger partial charge in [-0.05, 0) is 117 Å². The first-order chi connectivity index (χ1) is 34.9. The number of hydrogen-bond donors (Lipinski definition) is 0. The highest BCUT2D eigenvalue weighted by Crippen LogP contribution is 2.45. The van der Waals surface area contributed by atoms with Crippen LogP contribution in [0.4, 0.5) is 26.3 Å². The molecule has 2 aromatic heterocycles. The van der Waals surface area contributed by atoms with Crippen molar-refractivity contribution in [2.24, 2.45) is 0 Å². The van der Waals surface area contributed by atoms with Gasteiger partial charge < -0.3 is 9.13 Å². The van der Waals surface area contributed by atoms with Crippen molar-refractivity contribution in [2.45, 2.75) is 25.2 Å². The number of allylic oxidation sites excluding steroid dienone is 8. The Morgan fingerprint density at radius 2 is 0.833 bits per heavy atom. The first-order valence-electron chi connectivity index (χ1n) is 23.5. The van der Waals surface area contributed by atoms with Gasteiger partial charge in [0, 0.05) is 27.1 Å². The van der Waals surface area contributed by atoms with Gasteiger partial charge in [0.2, 0.25) is 0 Å². The highest BCUT2D eigenvalue weighted by Gasteiger charge is 2.37. The molecule has 2 heterocycles. The minimum atomic E-state index is -5.12. The van der Waals surface area contributed by atoms with Crippen molar-refractivity contribution in [1.82, 2.24) is 9.13 Å². The van der Waals surface area contributed by atoms with E-state index < -0.39 is 29.0 Å². The van der Waals surface area contributed by atoms with Crippen molar-refractivity contribution < 1.29 is 26.3 Å². The summed E-state index contributed by atoms with van der Waals surface area (Å²) in [6, 6.07) is 51.8. The SMILES string of the molecule is N#Cc1cc(-n2c3cc(-c4ccccc4)ccc3c3ccc(-c4ccccc4)cc32)c(-n2c3cc(=C4C=CC=CC4)ccc3c3ccc(=C4C=CC=CC4)cc32)cc1-c1cc(C(F)(F)F)cc(C(F)(F)F)c1. The number of alkyl halides is 6. The monoisotopic (exact) mass is 951 g/mol. The molecule has 0 radical (unpaired) electrons. The Morgan fingerprint density at radius 1 is 0.403 bits per heavy atom. The van der Waals surface area contributed by atoms with Crippen LogP contribution < -0.4 is 10.4 Å². The van der Waals surface area contributed by atoms with Gasteiger partial charge in [-0.3, -0.25) is 0 Å². The molecule has 9 heteroatoms. The third-order valence-corrected chi connectivity index (χ3v) is 13.9. The van der Waals surface area contributed by atoms with Crippen LogP contribution in [-0.4, -0.2) is 9.13 Å². The standard InChI is InChI=1S/C63H39F6N3/c64-62(65,66)49-29-47(30-50(36-49)63(67,68)69)55-37-61(72-58-33-45(41-17-9-3-10-18-41)23-27-53(58)54-28-24-46(34-59(54)72)42-19-11-4-12-20-42)60(35-48(55)38-70)71-56-31-43(39-13-5-1-6-14-39)21-25-51(56)52-26-22-44(32-57(52)71)40-15-7-2-8-16-40/h1-17,19,21-37H,18,20H2. The van der Waals surface area contributed by atoms with Crippen LogP contribution in [0.3, 0.4) is 0 Å². The molecule has 0 amide bonds. The molecule has 72 heavy (non-hydrogen) atoms. The van der Waals surface area contributed by atoms with Crippen LogP contribution >= 0.6 is 0 Å². The van der Waals surface area contributed by atoms with E-state index in [1.165, 1.54) is 0 Å². The lowest BCUT2D eigenvalue weighted by Crippen LogP contribution is -2.12. The van der Waals surface area contributed by atoms with Crippen molar-refractivity contribution in [1.29, 1.82) is 5.26 Å². The number of aromatic nitrogens is 2. The minimum absolute atomic E-state index is 0.0877. The average Bonchev–Trinajstić information content (AvgIpc) is 3.91. The molecule has 0 spiro atoms. The molecule has 348 valence electrons. The molecule has 0 saturated heterocycles. The fourth-order valence-electron chi connectivity index (χ4n) is 10.4. The topological polar surface area (TPSA) is 33.6 Å². The van der Waals surface area contributed by atoms with E-state index >= 15 is 0 Å². The molecule has 0 unspecified atom stereocenters. The van der Waals surface area contributed by atoms with Gasteiger partial charge in [-0.1, -0.05) is 158 Å². The molecule has 0 fully saturated rings. The van der Waals surface area contributed by atoms with E-state index in [4.69, 9.17) is 0 Å². The Hall–Kier alpha value is -8.87. The Morgan fingerprint density at radius 3 is 1.25 bits per heavy atom. The summed E-state index contributed by atoms with van der Waals surface area (Å²) in [4.78, 5) is 0. The molecule has 0 saturated carbocycles. The maximum atomic E-state index is 14.7. The molecular weight excluding hydrogens is 913 g/mol. The van der Waals surface area contributed by atoms with Crippen LogP contribution in [0.25, 0.3) is 99.5 Å². The lowest BCUT2D eigenvalue weighted by Gasteiger charge is -2.21. The van der Waals surface area contributed by atoms with Crippen molar-refractivity contribution in [3.63, 3.8) is 0 Å². The van der Waals surface area contributed by atoms with E-state index in [-0.39, 0.29) is 17.2 Å². The zero-order chi connectivity index (χ0) is 49.3. The Labute approximate surface area is 409 Å². The van der Waals surface area contributed by atoms with Gasteiger partial charge in [-0.25, -0.2) is 0 Å². The maximum absolute atomic E-state index is 14.7. The molecule has 2 aliphatic rings. The number of fused-ring (bicyclic) bond motifs is 6. The molecule has 0 bridgehead atoms. The van der Waals surface area contributed by atoms with Crippen molar-refractivity contribution in [2.75, 3.05) is 0 Å². The summed E-state index contributed by atoms with van der Waals surface area (Å²) >= 11 is 0. The molecule has 8 aromatic carbocycles. The lowest BCUT2D eigenvalue weighted by molar-refractivity contribution is -0.143. The number of hydrogen-bond acceptors (Lipinski definition) is 1. The number of nitriles is 1. The number of halogens is 6. The summed E-state index contributed by atoms with van der Waals surface area (Å²) in [5.41, 5.74) is 6.36. The highest BCUT2D eigenvalue weighted by atomic mass is 19.4. The van der Waals surface area contributed by atoms with E-state index in [2.05, 4.69) is 112 Å². The van der Waals surface area contributed by atoms with Crippen molar-refractivity contribution in [3.05, 3.63) is 240 Å². The average molecular weight is 952 g/mol. The largest absolute Gasteiger partial charge is 0.416 e. The summed E-state index contributed by atoms with van der Waals surface area (Å²) in [6.45, 7) is 0. The first-order valence-corrected chi connectivity index (χ1v) is 23.5. The van der Waals surface area contributed by atoms with E-state index in [0.717, 1.165) is 87.4 Å². The Kier molecular flexibility index (Phi) is 10.6. The van der Waals surface area contributed by atoms with Crippen LogP contribution in [0, 0.1) is 11.3 Å². The fraction of sp³-hybridized carbons (Fsp3) is 0.0635. The summed E-state index contributed by atoms with van der Waals surface area (Å²) in [7, 11) is 0. The second kappa shape index (κ2) is 17.2. The number of benzene rings is 8. The minimum Gasteiger partial charge on any atom is -0.307 e. The third kappa shape index (κ3) is 7.73. The summed E-state index contributed by atoms with van der Waals surface area (Å²) in [5.74, 6) is 0. The van der Waals surface area contributed by atoms with Crippen molar-refractivity contribution in [3.8, 4) is 50.8 Å². The smallest absolute Gasteiger partial charge is 0.307 e. The van der Waals surface area contributed by atoms with Gasteiger partial charge in [0.25, 0.3) is 0 Å². The second-order valence-corrected chi connectivity index (χ2v) is 18.2. The van der Waals surface area contributed by atoms with E-state index in [1.807, 2.05) is 85.0 Å². The van der Waals surface area contributed by atoms with Gasteiger partial charge in [0.05, 0.1) is 56.2 Å². The third-order valence-electron chi connectivity index (χ3n) is 13.9. The van der Waals surface area contributed by atoms with Crippen LogP contribution in [0.2, 0.25) is 0 Å². The predicted molar refractivity (Wildman–Crippen MR) is 278 cm³/mol. The van der Waals surface area contributed by atoms with E-state index in [9.17, 15) is 31.6 Å². The van der Waals surface area contributed by atoms with Gasteiger partial charge in [-0.15, -0.1) is 0 Å². The highest BCUT2D eigenvalue weighted by molar-refractivity contribution is 6.13. The van der Waals surface area contributed by atoms with Gasteiger partial charge in [0.1, 0.15) is 0 Å². The zero-order valence-electron chi connectivity index (χ0n) is 38.2. The summed E-state index contributed by atoms with van der Waals surface area (Å²) in [5, 5.41) is 16.6. The maximum Gasteiger partial charge on any atom is 0.416 e. The van der Waals surface area contributed by atoms with Crippen LogP contribution in [-0.2, 0) is 12.4 Å². The molecule has 0 aliphatic heterocycles. The van der Waals surface area contributed by atoms with E-state index in [0.29, 0.717) is 36.3 Å². The van der Waals surface area contributed by atoms with Crippen LogP contribution in [0.5, 0.6) is 0 Å². The summed E-state index contributed by atoms with van der Waals surface area (Å²) in [6.07, 6.45) is 7.37. The molecule has 10 aromatic rings. The lowest BCUT2D eigenvalue weighted by atomic mass is 9.94. The van der Waals surface area contributed by atoms with Gasteiger partial charge in [-0.2, -0.15) is 31.6 Å². The molecular formula is C63H39F6N3.